The van der Waals surface area contributed by atoms with Gasteiger partial charge >= 0.3 is 0 Å². The predicted molar refractivity (Wildman–Crippen MR) is 90.6 cm³/mol. The molecule has 2 aliphatic rings. The highest BCUT2D eigenvalue weighted by atomic mass is 16.5. The van der Waals surface area contributed by atoms with Crippen LogP contribution < -0.4 is 5.32 Å². The van der Waals surface area contributed by atoms with Crippen LogP contribution in [0.5, 0.6) is 0 Å². The molecule has 2 saturated carbocycles. The van der Waals surface area contributed by atoms with E-state index in [1.54, 1.807) is 0 Å². The molecule has 2 unspecified atom stereocenters. The molecule has 0 bridgehead atoms. The first kappa shape index (κ1) is 17.3. The third-order valence-corrected chi connectivity index (χ3v) is 5.61. The average Bonchev–Trinajstić information content (AvgIpc) is 2.41. The third kappa shape index (κ3) is 5.25. The molecule has 0 aromatic rings. The van der Waals surface area contributed by atoms with E-state index in [4.69, 9.17) is 4.74 Å². The topological polar surface area (TPSA) is 21.3 Å². The zero-order chi connectivity index (χ0) is 15.3. The van der Waals surface area contributed by atoms with E-state index in [0.29, 0.717) is 6.10 Å². The molecule has 0 spiro atoms. The minimum atomic E-state index is 0.128. The smallest absolute Gasteiger partial charge is 0.0810 e. The van der Waals surface area contributed by atoms with Crippen LogP contribution in [0.3, 0.4) is 0 Å². The zero-order valence-corrected chi connectivity index (χ0v) is 14.8. The van der Waals surface area contributed by atoms with Crippen LogP contribution in [-0.2, 0) is 4.74 Å². The molecular formula is C19H37NO. The Labute approximate surface area is 132 Å². The lowest BCUT2D eigenvalue weighted by atomic mass is 9.77. The van der Waals surface area contributed by atoms with Gasteiger partial charge in [0.25, 0.3) is 0 Å². The van der Waals surface area contributed by atoms with E-state index in [1.807, 2.05) is 0 Å². The van der Waals surface area contributed by atoms with Crippen molar-refractivity contribution in [2.75, 3.05) is 13.1 Å². The number of hydrogen-bond donors (Lipinski definition) is 1. The molecule has 124 valence electrons. The van der Waals surface area contributed by atoms with Gasteiger partial charge < -0.3 is 10.1 Å². The molecule has 0 aromatic carbocycles. The van der Waals surface area contributed by atoms with E-state index >= 15 is 0 Å². The van der Waals surface area contributed by atoms with Gasteiger partial charge in [-0.1, -0.05) is 27.7 Å². The lowest BCUT2D eigenvalue weighted by molar-refractivity contribution is -0.136. The summed E-state index contributed by atoms with van der Waals surface area (Å²) in [7, 11) is 0. The molecule has 1 N–H and O–H groups in total. The van der Waals surface area contributed by atoms with Gasteiger partial charge in [-0.2, -0.15) is 0 Å². The van der Waals surface area contributed by atoms with Gasteiger partial charge in [-0.15, -0.1) is 0 Å². The van der Waals surface area contributed by atoms with Crippen molar-refractivity contribution in [3.05, 3.63) is 0 Å². The lowest BCUT2D eigenvalue weighted by Gasteiger charge is -2.44. The predicted octanol–water partition coefficient (Wildman–Crippen LogP) is 4.78. The second-order valence-electron chi connectivity index (χ2n) is 8.20. The summed E-state index contributed by atoms with van der Waals surface area (Å²) in [5.74, 6) is 2.56. The van der Waals surface area contributed by atoms with Crippen molar-refractivity contribution in [1.82, 2.24) is 5.32 Å². The highest BCUT2D eigenvalue weighted by Gasteiger charge is 2.38. The van der Waals surface area contributed by atoms with E-state index < -0.39 is 0 Å². The molecule has 2 nitrogen and oxygen atoms in total. The summed E-state index contributed by atoms with van der Waals surface area (Å²) in [6.07, 6.45) is 10.8. The monoisotopic (exact) mass is 295 g/mol. The minimum absolute atomic E-state index is 0.128. The molecule has 21 heavy (non-hydrogen) atoms. The number of hydrogen-bond acceptors (Lipinski definition) is 2. The van der Waals surface area contributed by atoms with Crippen molar-refractivity contribution in [3.8, 4) is 0 Å². The summed E-state index contributed by atoms with van der Waals surface area (Å²) >= 11 is 0. The molecule has 0 radical (unpaired) electrons. The Morgan fingerprint density at radius 3 is 2.14 bits per heavy atom. The average molecular weight is 296 g/mol. The van der Waals surface area contributed by atoms with E-state index in [1.165, 1.54) is 51.4 Å². The fourth-order valence-corrected chi connectivity index (χ4v) is 4.44. The fraction of sp³-hybridized carbons (Fsp3) is 1.00. The van der Waals surface area contributed by atoms with Crippen molar-refractivity contribution in [3.63, 3.8) is 0 Å². The van der Waals surface area contributed by atoms with Gasteiger partial charge in [0.15, 0.2) is 0 Å². The SMILES string of the molecule is CCCNCC1(OC2CC(C)CC(C)C2)CCC(C)CC1. The Morgan fingerprint density at radius 2 is 1.57 bits per heavy atom. The highest BCUT2D eigenvalue weighted by Crippen LogP contribution is 2.39. The van der Waals surface area contributed by atoms with Crippen molar-refractivity contribution >= 4 is 0 Å². The maximum atomic E-state index is 6.79. The number of rotatable bonds is 6. The van der Waals surface area contributed by atoms with Crippen molar-refractivity contribution in [2.45, 2.75) is 90.8 Å². The van der Waals surface area contributed by atoms with E-state index in [-0.39, 0.29) is 5.60 Å². The summed E-state index contributed by atoms with van der Waals surface area (Å²) in [5, 5.41) is 3.65. The summed E-state index contributed by atoms with van der Waals surface area (Å²) in [4.78, 5) is 0. The standard InChI is InChI=1S/C19H37NO/c1-5-10-20-14-19(8-6-15(2)7-9-19)21-18-12-16(3)11-17(4)13-18/h15-18,20H,5-14H2,1-4H3. The second kappa shape index (κ2) is 7.97. The van der Waals surface area contributed by atoms with Crippen LogP contribution in [0.1, 0.15) is 79.1 Å². The Morgan fingerprint density at radius 1 is 0.952 bits per heavy atom. The van der Waals surface area contributed by atoms with Gasteiger partial charge in [0.2, 0.25) is 0 Å². The summed E-state index contributed by atoms with van der Waals surface area (Å²) in [6, 6.07) is 0. The highest BCUT2D eigenvalue weighted by molar-refractivity contribution is 4.91. The second-order valence-corrected chi connectivity index (χ2v) is 8.20. The van der Waals surface area contributed by atoms with Crippen LogP contribution in [0, 0.1) is 17.8 Å². The summed E-state index contributed by atoms with van der Waals surface area (Å²) < 4.78 is 6.79. The molecule has 0 heterocycles. The van der Waals surface area contributed by atoms with Crippen molar-refractivity contribution in [1.29, 1.82) is 0 Å². The van der Waals surface area contributed by atoms with E-state index in [9.17, 15) is 0 Å². The van der Waals surface area contributed by atoms with Crippen molar-refractivity contribution in [2.24, 2.45) is 17.8 Å². The molecule has 0 aromatic heterocycles. The number of ether oxygens (including phenoxy) is 1. The molecule has 0 amide bonds. The van der Waals surface area contributed by atoms with Gasteiger partial charge in [0.05, 0.1) is 11.7 Å². The van der Waals surface area contributed by atoms with E-state index in [0.717, 1.165) is 30.8 Å². The Bertz CT molecular complexity index is 286. The van der Waals surface area contributed by atoms with Gasteiger partial charge in [-0.25, -0.2) is 0 Å². The van der Waals surface area contributed by atoms with Crippen LogP contribution in [0.2, 0.25) is 0 Å². The molecule has 2 aliphatic carbocycles. The van der Waals surface area contributed by atoms with Crippen molar-refractivity contribution < 1.29 is 4.74 Å². The van der Waals surface area contributed by atoms with Gasteiger partial charge in [-0.05, 0) is 75.7 Å². The Kier molecular flexibility index (Phi) is 6.55. The third-order valence-electron chi connectivity index (χ3n) is 5.61. The maximum absolute atomic E-state index is 6.79. The minimum Gasteiger partial charge on any atom is -0.370 e. The van der Waals surface area contributed by atoms with Gasteiger partial charge in [0.1, 0.15) is 0 Å². The van der Waals surface area contributed by atoms with Crippen LogP contribution >= 0.6 is 0 Å². The normalized spacial score (nSPS) is 41.1. The lowest BCUT2D eigenvalue weighted by Crippen LogP contribution is -2.49. The number of nitrogens with one attached hydrogen (secondary N) is 1. The summed E-state index contributed by atoms with van der Waals surface area (Å²) in [6.45, 7) is 11.6. The largest absolute Gasteiger partial charge is 0.370 e. The first-order valence-electron chi connectivity index (χ1n) is 9.41. The molecule has 0 aliphatic heterocycles. The first-order chi connectivity index (χ1) is 10.0. The molecule has 0 saturated heterocycles. The molecular weight excluding hydrogens is 258 g/mol. The van der Waals surface area contributed by atoms with Crippen LogP contribution in [0.15, 0.2) is 0 Å². The Hall–Kier alpha value is -0.0800. The maximum Gasteiger partial charge on any atom is 0.0810 e. The zero-order valence-electron chi connectivity index (χ0n) is 14.8. The van der Waals surface area contributed by atoms with Crippen LogP contribution in [-0.4, -0.2) is 24.8 Å². The quantitative estimate of drug-likeness (QED) is 0.712. The molecule has 2 rings (SSSR count). The molecule has 2 atom stereocenters. The molecule has 2 fully saturated rings. The van der Waals surface area contributed by atoms with Crippen LogP contribution in [0.4, 0.5) is 0 Å². The van der Waals surface area contributed by atoms with Gasteiger partial charge in [0, 0.05) is 6.54 Å². The first-order valence-corrected chi connectivity index (χ1v) is 9.41. The fourth-order valence-electron chi connectivity index (χ4n) is 4.44. The summed E-state index contributed by atoms with van der Waals surface area (Å²) in [5.41, 5.74) is 0.128. The van der Waals surface area contributed by atoms with Gasteiger partial charge in [-0.3, -0.25) is 0 Å². The van der Waals surface area contributed by atoms with Crippen LogP contribution in [0.25, 0.3) is 0 Å². The molecule has 2 heteroatoms. The Balaban J connectivity index is 1.94. The van der Waals surface area contributed by atoms with E-state index in [2.05, 4.69) is 33.0 Å².